The van der Waals surface area contributed by atoms with Gasteiger partial charge in [-0.25, -0.2) is 0 Å². The van der Waals surface area contributed by atoms with Crippen LogP contribution in [0.1, 0.15) is 33.1 Å². The van der Waals surface area contributed by atoms with E-state index in [2.05, 4.69) is 26.1 Å². The van der Waals surface area contributed by atoms with E-state index in [0.717, 1.165) is 19.3 Å². The Labute approximate surface area is 112 Å². The Morgan fingerprint density at radius 1 is 1.39 bits per heavy atom. The lowest BCUT2D eigenvalue weighted by Crippen LogP contribution is -2.44. The van der Waals surface area contributed by atoms with Crippen molar-refractivity contribution in [1.82, 2.24) is 4.90 Å². The van der Waals surface area contributed by atoms with Crippen molar-refractivity contribution in [3.8, 4) is 0 Å². The van der Waals surface area contributed by atoms with Crippen molar-refractivity contribution in [3.05, 3.63) is 0 Å². The molecule has 0 aromatic rings. The van der Waals surface area contributed by atoms with E-state index in [0.29, 0.717) is 18.5 Å². The number of nitrogens with zero attached hydrogens (tertiary/aromatic N) is 1. The molecule has 0 aromatic carbocycles. The van der Waals surface area contributed by atoms with Gasteiger partial charge in [-0.05, 0) is 31.7 Å². The van der Waals surface area contributed by atoms with E-state index in [1.54, 1.807) is 0 Å². The molecule has 106 valence electrons. The minimum atomic E-state index is -4.34. The number of nitrogens with two attached hydrogens (primary N) is 1. The van der Waals surface area contributed by atoms with Crippen molar-refractivity contribution >= 4 is 17.2 Å². The Morgan fingerprint density at radius 2 is 1.94 bits per heavy atom. The van der Waals surface area contributed by atoms with Gasteiger partial charge >= 0.3 is 6.18 Å². The van der Waals surface area contributed by atoms with E-state index in [9.17, 15) is 13.2 Å². The highest BCUT2D eigenvalue weighted by Gasteiger charge is 2.44. The molecule has 1 fully saturated rings. The fourth-order valence-corrected chi connectivity index (χ4v) is 2.08. The summed E-state index contributed by atoms with van der Waals surface area (Å²) in [4.78, 5) is 1.45. The Hall–Kier alpha value is -0.360. The molecule has 0 heterocycles. The van der Waals surface area contributed by atoms with Gasteiger partial charge in [0.25, 0.3) is 0 Å². The third-order valence-electron chi connectivity index (χ3n) is 3.21. The van der Waals surface area contributed by atoms with Gasteiger partial charge in [0.1, 0.15) is 5.92 Å². The van der Waals surface area contributed by atoms with Gasteiger partial charge in [-0.2, -0.15) is 13.2 Å². The molecule has 2 N–H and O–H groups in total. The summed E-state index contributed by atoms with van der Waals surface area (Å²) in [5, 5.41) is 0. The number of thiocarbonyl (C=S) groups is 1. The second kappa shape index (κ2) is 6.19. The topological polar surface area (TPSA) is 29.3 Å². The number of hydrogen-bond donors (Lipinski definition) is 1. The second-order valence-electron chi connectivity index (χ2n) is 5.41. The Balaban J connectivity index is 2.60. The van der Waals surface area contributed by atoms with Crippen LogP contribution in [-0.2, 0) is 0 Å². The van der Waals surface area contributed by atoms with Crippen molar-refractivity contribution in [2.24, 2.45) is 17.6 Å². The first-order chi connectivity index (χ1) is 8.21. The Morgan fingerprint density at radius 3 is 2.28 bits per heavy atom. The summed E-state index contributed by atoms with van der Waals surface area (Å²) < 4.78 is 38.5. The second-order valence-corrected chi connectivity index (χ2v) is 5.88. The highest BCUT2D eigenvalue weighted by atomic mass is 32.1. The van der Waals surface area contributed by atoms with E-state index < -0.39 is 17.1 Å². The molecule has 0 spiro atoms. The maximum absolute atomic E-state index is 12.8. The summed E-state index contributed by atoms with van der Waals surface area (Å²) in [6, 6.07) is 0.294. The summed E-state index contributed by atoms with van der Waals surface area (Å²) in [7, 11) is 0. The number of halogens is 3. The van der Waals surface area contributed by atoms with Crippen LogP contribution in [0.25, 0.3) is 0 Å². The standard InChI is InChI=1S/C12H21F3N2S/c1-8(2)5-6-17(9-3-4-9)7-10(11(16)18)12(13,14)15/h8-10H,3-7H2,1-2H3,(H2,16,18). The molecule has 6 heteroatoms. The van der Waals surface area contributed by atoms with Crippen LogP contribution in [0.3, 0.4) is 0 Å². The fourth-order valence-electron chi connectivity index (χ4n) is 1.88. The van der Waals surface area contributed by atoms with Crippen LogP contribution in [0.4, 0.5) is 13.2 Å². The van der Waals surface area contributed by atoms with Gasteiger partial charge in [0.15, 0.2) is 0 Å². The minimum Gasteiger partial charge on any atom is -0.393 e. The molecule has 0 bridgehead atoms. The molecular weight excluding hydrogens is 261 g/mol. The van der Waals surface area contributed by atoms with Crippen LogP contribution in [0, 0.1) is 11.8 Å². The molecule has 0 aromatic heterocycles. The summed E-state index contributed by atoms with van der Waals surface area (Å²) >= 11 is 4.56. The molecule has 1 aliphatic rings. The Kier molecular flexibility index (Phi) is 5.40. The van der Waals surface area contributed by atoms with Crippen LogP contribution in [0.2, 0.25) is 0 Å². The van der Waals surface area contributed by atoms with Crippen LogP contribution in [0.5, 0.6) is 0 Å². The number of hydrogen-bond acceptors (Lipinski definition) is 2. The molecule has 0 radical (unpaired) electrons. The zero-order chi connectivity index (χ0) is 13.9. The first-order valence-corrected chi connectivity index (χ1v) is 6.72. The molecule has 2 nitrogen and oxygen atoms in total. The first-order valence-electron chi connectivity index (χ1n) is 6.32. The lowest BCUT2D eigenvalue weighted by molar-refractivity contribution is -0.159. The van der Waals surface area contributed by atoms with E-state index in [4.69, 9.17) is 5.73 Å². The highest BCUT2D eigenvalue weighted by Crippen LogP contribution is 2.32. The normalized spacial score (nSPS) is 18.4. The Bertz CT molecular complexity index is 288. The van der Waals surface area contributed by atoms with Gasteiger partial charge in [-0.1, -0.05) is 26.1 Å². The smallest absolute Gasteiger partial charge is 0.393 e. The van der Waals surface area contributed by atoms with Crippen LogP contribution in [0.15, 0.2) is 0 Å². The van der Waals surface area contributed by atoms with Gasteiger partial charge < -0.3 is 5.73 Å². The van der Waals surface area contributed by atoms with E-state index in [-0.39, 0.29) is 6.54 Å². The SMILES string of the molecule is CC(C)CCN(CC(C(N)=S)C(F)(F)F)C1CC1. The average molecular weight is 282 g/mol. The molecule has 0 aliphatic heterocycles. The largest absolute Gasteiger partial charge is 0.399 e. The summed E-state index contributed by atoms with van der Waals surface area (Å²) in [6.07, 6.45) is -1.46. The quantitative estimate of drug-likeness (QED) is 0.728. The first kappa shape index (κ1) is 15.7. The summed E-state index contributed by atoms with van der Waals surface area (Å²) in [5.74, 6) is -1.19. The summed E-state index contributed by atoms with van der Waals surface area (Å²) in [5.41, 5.74) is 5.23. The fraction of sp³-hybridized carbons (Fsp3) is 0.917. The van der Waals surface area contributed by atoms with Gasteiger partial charge in [0.2, 0.25) is 0 Å². The minimum absolute atomic E-state index is 0.0871. The van der Waals surface area contributed by atoms with E-state index >= 15 is 0 Å². The zero-order valence-electron chi connectivity index (χ0n) is 10.8. The average Bonchev–Trinajstić information content (AvgIpc) is 2.98. The number of rotatable bonds is 7. The molecule has 1 saturated carbocycles. The van der Waals surface area contributed by atoms with Crippen LogP contribution < -0.4 is 5.73 Å². The van der Waals surface area contributed by atoms with E-state index in [1.165, 1.54) is 0 Å². The third kappa shape index (κ3) is 5.10. The van der Waals surface area contributed by atoms with Crippen molar-refractivity contribution in [2.75, 3.05) is 13.1 Å². The van der Waals surface area contributed by atoms with E-state index in [1.807, 2.05) is 4.90 Å². The zero-order valence-corrected chi connectivity index (χ0v) is 11.7. The van der Waals surface area contributed by atoms with Gasteiger partial charge in [-0.3, -0.25) is 4.90 Å². The molecule has 0 saturated heterocycles. The molecular formula is C12H21F3N2S. The monoisotopic (exact) mass is 282 g/mol. The maximum Gasteiger partial charge on any atom is 0.399 e. The van der Waals surface area contributed by atoms with Gasteiger partial charge in [0, 0.05) is 12.6 Å². The third-order valence-corrected chi connectivity index (χ3v) is 3.50. The van der Waals surface area contributed by atoms with Gasteiger partial charge in [-0.15, -0.1) is 0 Å². The molecule has 1 rings (SSSR count). The molecule has 18 heavy (non-hydrogen) atoms. The lowest BCUT2D eigenvalue weighted by Gasteiger charge is -2.28. The van der Waals surface area contributed by atoms with Crippen molar-refractivity contribution < 1.29 is 13.2 Å². The molecule has 1 unspecified atom stereocenters. The molecule has 0 amide bonds. The summed E-state index contributed by atoms with van der Waals surface area (Å²) in [6.45, 7) is 4.74. The highest BCUT2D eigenvalue weighted by molar-refractivity contribution is 7.80. The lowest BCUT2D eigenvalue weighted by atomic mass is 10.1. The van der Waals surface area contributed by atoms with Crippen molar-refractivity contribution in [3.63, 3.8) is 0 Å². The van der Waals surface area contributed by atoms with Crippen LogP contribution >= 0.6 is 12.2 Å². The molecule has 1 aliphatic carbocycles. The predicted octanol–water partition coefficient (Wildman–Crippen LogP) is 2.96. The van der Waals surface area contributed by atoms with Gasteiger partial charge in [0.05, 0.1) is 4.99 Å². The predicted molar refractivity (Wildman–Crippen MR) is 70.4 cm³/mol. The van der Waals surface area contributed by atoms with Crippen molar-refractivity contribution in [1.29, 1.82) is 0 Å². The van der Waals surface area contributed by atoms with Crippen molar-refractivity contribution in [2.45, 2.75) is 45.3 Å². The maximum atomic E-state index is 12.8. The number of alkyl halides is 3. The molecule has 1 atom stereocenters. The van der Waals surface area contributed by atoms with Crippen LogP contribution in [-0.4, -0.2) is 35.2 Å².